The second-order valence-electron chi connectivity index (χ2n) is 4.88. The van der Waals surface area contributed by atoms with Gasteiger partial charge in [-0.3, -0.25) is 0 Å². The number of hydrogen-bond donors (Lipinski definition) is 1. The van der Waals surface area contributed by atoms with Crippen LogP contribution in [-0.4, -0.2) is 27.5 Å². The zero-order valence-electron chi connectivity index (χ0n) is 12.6. The minimum absolute atomic E-state index is 0.0712. The molecule has 3 aromatic rings. The highest BCUT2D eigenvalue weighted by Crippen LogP contribution is 2.33. The van der Waals surface area contributed by atoms with Crippen molar-refractivity contribution in [3.8, 4) is 22.8 Å². The predicted molar refractivity (Wildman–Crippen MR) is 87.1 cm³/mol. The van der Waals surface area contributed by atoms with Crippen molar-refractivity contribution in [2.24, 2.45) is 0 Å². The molecule has 3 rings (SSSR count). The molecule has 23 heavy (non-hydrogen) atoms. The quantitative estimate of drug-likeness (QED) is 0.781. The van der Waals surface area contributed by atoms with Gasteiger partial charge < -0.3 is 9.84 Å². The predicted octanol–water partition coefficient (Wildman–Crippen LogP) is 3.64. The molecule has 5 heteroatoms. The van der Waals surface area contributed by atoms with Gasteiger partial charge in [-0.15, -0.1) is 5.10 Å². The van der Waals surface area contributed by atoms with Crippen molar-refractivity contribution in [2.75, 3.05) is 6.61 Å². The fraction of sp³-hybridized carbons (Fsp3) is 0.111. The summed E-state index contributed by atoms with van der Waals surface area (Å²) in [5, 5.41) is 14.0. The van der Waals surface area contributed by atoms with Gasteiger partial charge in [0.25, 0.3) is 0 Å². The Morgan fingerprint density at radius 1 is 1.09 bits per heavy atom. The summed E-state index contributed by atoms with van der Waals surface area (Å²) in [6.45, 7) is 2.15. The van der Waals surface area contributed by atoms with E-state index in [0.717, 1.165) is 11.3 Å². The van der Waals surface area contributed by atoms with E-state index < -0.39 is 5.97 Å². The first-order valence-corrected chi connectivity index (χ1v) is 7.32. The van der Waals surface area contributed by atoms with Crippen LogP contribution in [0.1, 0.15) is 17.3 Å². The molecular weight excluding hydrogens is 292 g/mol. The number of benzene rings is 2. The largest absolute Gasteiger partial charge is 0.477 e. The van der Waals surface area contributed by atoms with Crippen LogP contribution in [0, 0.1) is 0 Å². The van der Waals surface area contributed by atoms with Gasteiger partial charge in [0.2, 0.25) is 5.88 Å². The van der Waals surface area contributed by atoms with Crippen molar-refractivity contribution < 1.29 is 14.6 Å². The Morgan fingerprint density at radius 3 is 2.26 bits per heavy atom. The van der Waals surface area contributed by atoms with Crippen molar-refractivity contribution in [3.05, 3.63) is 66.2 Å². The van der Waals surface area contributed by atoms with E-state index in [9.17, 15) is 9.90 Å². The molecule has 1 aromatic heterocycles. The molecule has 1 heterocycles. The number of carboxylic acid groups (broad SMARTS) is 1. The molecule has 0 saturated carbocycles. The lowest BCUT2D eigenvalue weighted by Gasteiger charge is -2.08. The van der Waals surface area contributed by atoms with Gasteiger partial charge in [0, 0.05) is 5.56 Å². The minimum atomic E-state index is -1.06. The summed E-state index contributed by atoms with van der Waals surface area (Å²) in [4.78, 5) is 11.8. The van der Waals surface area contributed by atoms with E-state index in [1.807, 2.05) is 60.7 Å². The number of aromatic nitrogens is 2. The van der Waals surface area contributed by atoms with Gasteiger partial charge in [0.05, 0.1) is 18.0 Å². The minimum Gasteiger partial charge on any atom is -0.477 e. The molecule has 1 N–H and O–H groups in total. The van der Waals surface area contributed by atoms with Gasteiger partial charge in [0.15, 0.2) is 0 Å². The Labute approximate surface area is 133 Å². The smallest absolute Gasteiger partial charge is 0.343 e. The Bertz CT molecular complexity index is 811. The lowest BCUT2D eigenvalue weighted by atomic mass is 10.1. The second kappa shape index (κ2) is 6.36. The van der Waals surface area contributed by atoms with Crippen LogP contribution in [0.25, 0.3) is 16.9 Å². The third-order valence-corrected chi connectivity index (χ3v) is 3.40. The topological polar surface area (TPSA) is 64.4 Å². The van der Waals surface area contributed by atoms with Crippen molar-refractivity contribution in [1.29, 1.82) is 0 Å². The second-order valence-corrected chi connectivity index (χ2v) is 4.88. The molecule has 2 aromatic carbocycles. The number of rotatable bonds is 5. The van der Waals surface area contributed by atoms with Crippen LogP contribution < -0.4 is 4.74 Å². The first kappa shape index (κ1) is 14.8. The first-order valence-electron chi connectivity index (χ1n) is 7.32. The van der Waals surface area contributed by atoms with Crippen LogP contribution in [-0.2, 0) is 0 Å². The number of aromatic carboxylic acids is 1. The Kier molecular flexibility index (Phi) is 4.10. The third-order valence-electron chi connectivity index (χ3n) is 3.40. The zero-order chi connectivity index (χ0) is 16.2. The van der Waals surface area contributed by atoms with Gasteiger partial charge in [-0.2, -0.15) is 0 Å². The molecule has 0 saturated heterocycles. The normalized spacial score (nSPS) is 10.5. The van der Waals surface area contributed by atoms with Crippen LogP contribution in [0.3, 0.4) is 0 Å². The average Bonchev–Trinajstić information content (AvgIpc) is 2.96. The molecule has 0 amide bonds. The lowest BCUT2D eigenvalue weighted by molar-refractivity contribution is 0.0693. The van der Waals surface area contributed by atoms with E-state index in [2.05, 4.69) is 5.10 Å². The fourth-order valence-corrected chi connectivity index (χ4v) is 2.45. The number of hydrogen-bond acceptors (Lipinski definition) is 3. The monoisotopic (exact) mass is 308 g/mol. The van der Waals surface area contributed by atoms with Gasteiger partial charge in [-0.05, 0) is 19.1 Å². The van der Waals surface area contributed by atoms with Crippen LogP contribution in [0.4, 0.5) is 0 Å². The summed E-state index contributed by atoms with van der Waals surface area (Å²) in [5.41, 5.74) is 2.13. The SMILES string of the molecule is CCOc1nn(-c2ccccc2)c(-c2ccccc2)c1C(=O)O. The summed E-state index contributed by atoms with van der Waals surface area (Å²) in [6.07, 6.45) is 0. The van der Waals surface area contributed by atoms with Crippen molar-refractivity contribution in [1.82, 2.24) is 9.78 Å². The lowest BCUT2D eigenvalue weighted by Crippen LogP contribution is -2.03. The van der Waals surface area contributed by atoms with Gasteiger partial charge in [-0.1, -0.05) is 48.5 Å². The molecule has 0 fully saturated rings. The molecule has 0 radical (unpaired) electrons. The van der Waals surface area contributed by atoms with E-state index in [-0.39, 0.29) is 11.4 Å². The van der Waals surface area contributed by atoms with Crippen molar-refractivity contribution in [2.45, 2.75) is 6.92 Å². The summed E-state index contributed by atoms with van der Waals surface area (Å²) in [7, 11) is 0. The fourth-order valence-electron chi connectivity index (χ4n) is 2.45. The Balaban J connectivity index is 2.31. The van der Waals surface area contributed by atoms with Crippen LogP contribution >= 0.6 is 0 Å². The molecule has 116 valence electrons. The number of nitrogens with zero attached hydrogens (tertiary/aromatic N) is 2. The molecule has 0 aliphatic heterocycles. The van der Waals surface area contributed by atoms with E-state index in [0.29, 0.717) is 12.3 Å². The standard InChI is InChI=1S/C18H16N2O3/c1-2-23-17-15(18(21)22)16(13-9-5-3-6-10-13)20(19-17)14-11-7-4-8-12-14/h3-12H,2H2,1H3,(H,21,22). The van der Waals surface area contributed by atoms with Crippen LogP contribution in [0.15, 0.2) is 60.7 Å². The molecule has 0 aliphatic carbocycles. The highest BCUT2D eigenvalue weighted by Gasteiger charge is 2.26. The zero-order valence-corrected chi connectivity index (χ0v) is 12.6. The summed E-state index contributed by atoms with van der Waals surface area (Å²) in [6, 6.07) is 18.7. The third kappa shape index (κ3) is 2.81. The summed E-state index contributed by atoms with van der Waals surface area (Å²) in [5.74, 6) is -0.933. The van der Waals surface area contributed by atoms with E-state index >= 15 is 0 Å². The van der Waals surface area contributed by atoms with E-state index in [1.54, 1.807) is 11.6 Å². The maximum absolute atomic E-state index is 11.8. The maximum atomic E-state index is 11.8. The van der Waals surface area contributed by atoms with Crippen LogP contribution in [0.5, 0.6) is 5.88 Å². The van der Waals surface area contributed by atoms with Crippen LogP contribution in [0.2, 0.25) is 0 Å². The first-order chi connectivity index (χ1) is 11.2. The molecule has 0 bridgehead atoms. The Morgan fingerprint density at radius 2 is 1.70 bits per heavy atom. The highest BCUT2D eigenvalue weighted by molar-refractivity contribution is 5.98. The highest BCUT2D eigenvalue weighted by atomic mass is 16.5. The molecular formula is C18H16N2O3. The summed E-state index contributed by atoms with van der Waals surface area (Å²) >= 11 is 0. The molecule has 5 nitrogen and oxygen atoms in total. The Hall–Kier alpha value is -3.08. The number of carbonyl (C=O) groups is 1. The van der Waals surface area contributed by atoms with Gasteiger partial charge >= 0.3 is 5.97 Å². The van der Waals surface area contributed by atoms with E-state index in [4.69, 9.17) is 4.74 Å². The van der Waals surface area contributed by atoms with Crippen molar-refractivity contribution in [3.63, 3.8) is 0 Å². The molecule has 0 atom stereocenters. The molecule has 0 aliphatic rings. The van der Waals surface area contributed by atoms with E-state index in [1.165, 1.54) is 0 Å². The van der Waals surface area contributed by atoms with Crippen molar-refractivity contribution >= 4 is 5.97 Å². The molecule has 0 spiro atoms. The molecule has 0 unspecified atom stereocenters. The van der Waals surface area contributed by atoms with Gasteiger partial charge in [-0.25, -0.2) is 9.48 Å². The number of para-hydroxylation sites is 1. The number of carboxylic acids is 1. The maximum Gasteiger partial charge on any atom is 0.343 e. The van der Waals surface area contributed by atoms with Gasteiger partial charge in [0.1, 0.15) is 5.56 Å². The average molecular weight is 308 g/mol. The number of ether oxygens (including phenoxy) is 1. The summed E-state index contributed by atoms with van der Waals surface area (Å²) < 4.78 is 7.06.